The van der Waals surface area contributed by atoms with Crippen molar-refractivity contribution in [2.45, 2.75) is 19.1 Å². The maximum atomic E-state index is 12.7. The van der Waals surface area contributed by atoms with Gasteiger partial charge in [-0.25, -0.2) is 4.79 Å². The average molecular weight is 284 g/mol. The van der Waals surface area contributed by atoms with E-state index in [1.807, 2.05) is 0 Å². The van der Waals surface area contributed by atoms with Crippen LogP contribution in [0.5, 0.6) is 0 Å². The zero-order valence-corrected chi connectivity index (χ0v) is 10.3. The molecule has 20 heavy (non-hydrogen) atoms. The van der Waals surface area contributed by atoms with E-state index in [4.69, 9.17) is 5.11 Å². The first kappa shape index (κ1) is 12.8. The van der Waals surface area contributed by atoms with Gasteiger partial charge in [0.05, 0.1) is 12.1 Å². The summed E-state index contributed by atoms with van der Waals surface area (Å²) in [5, 5.41) is 9.48. The number of hydrogen-bond acceptors (Lipinski definition) is 1. The van der Waals surface area contributed by atoms with E-state index in [1.165, 1.54) is 11.0 Å². The normalized spacial score (nSPS) is 15.4. The van der Waals surface area contributed by atoms with E-state index in [0.29, 0.717) is 29.6 Å². The number of nitrogens with zero attached hydrogens (tertiary/aromatic N) is 1. The highest BCUT2D eigenvalue weighted by Crippen LogP contribution is 2.34. The molecule has 1 aliphatic heterocycles. The Bertz CT molecular complexity index is 691. The fourth-order valence-electron chi connectivity index (χ4n) is 2.58. The molecule has 7 heteroatoms. The number of hydrogen-bond donors (Lipinski definition) is 2. The van der Waals surface area contributed by atoms with Crippen LogP contribution in [0.1, 0.15) is 16.8 Å². The number of aromatic nitrogens is 1. The van der Waals surface area contributed by atoms with Crippen LogP contribution in [-0.2, 0) is 19.1 Å². The van der Waals surface area contributed by atoms with Gasteiger partial charge in [-0.2, -0.15) is 13.2 Å². The predicted octanol–water partition coefficient (Wildman–Crippen LogP) is 3.22. The van der Waals surface area contributed by atoms with Gasteiger partial charge in [0.15, 0.2) is 0 Å². The van der Waals surface area contributed by atoms with Gasteiger partial charge >= 0.3 is 12.3 Å². The number of halogens is 3. The quantitative estimate of drug-likeness (QED) is 0.780. The Morgan fingerprint density at radius 2 is 2.10 bits per heavy atom. The summed E-state index contributed by atoms with van der Waals surface area (Å²) in [5.41, 5.74) is 1.37. The van der Waals surface area contributed by atoms with Crippen LogP contribution in [0.2, 0.25) is 0 Å². The molecule has 4 nitrogen and oxygen atoms in total. The summed E-state index contributed by atoms with van der Waals surface area (Å²) < 4.78 is 38.2. The Morgan fingerprint density at radius 1 is 1.35 bits per heavy atom. The topological polar surface area (TPSA) is 56.3 Å². The summed E-state index contributed by atoms with van der Waals surface area (Å²) >= 11 is 0. The monoisotopic (exact) mass is 284 g/mol. The number of H-pyrrole nitrogens is 1. The minimum Gasteiger partial charge on any atom is -0.465 e. The first-order valence-corrected chi connectivity index (χ1v) is 6.05. The molecule has 1 amide bonds. The summed E-state index contributed by atoms with van der Waals surface area (Å²) in [5.74, 6) is 0. The number of nitrogens with one attached hydrogen (secondary N) is 1. The average Bonchev–Trinajstić information content (AvgIpc) is 2.74. The van der Waals surface area contributed by atoms with Crippen molar-refractivity contribution in [1.29, 1.82) is 0 Å². The lowest BCUT2D eigenvalue weighted by atomic mass is 10.0. The van der Waals surface area contributed by atoms with Crippen LogP contribution in [-0.4, -0.2) is 27.6 Å². The molecule has 2 heterocycles. The van der Waals surface area contributed by atoms with Crippen LogP contribution in [0.25, 0.3) is 10.9 Å². The van der Waals surface area contributed by atoms with Gasteiger partial charge in [0.25, 0.3) is 0 Å². The van der Waals surface area contributed by atoms with Gasteiger partial charge in [0.1, 0.15) is 0 Å². The Balaban J connectivity index is 2.08. The lowest BCUT2D eigenvalue weighted by Crippen LogP contribution is -2.34. The number of rotatable bonds is 0. The van der Waals surface area contributed by atoms with Gasteiger partial charge in [0, 0.05) is 23.1 Å². The van der Waals surface area contributed by atoms with Crippen molar-refractivity contribution in [1.82, 2.24) is 9.88 Å². The fraction of sp³-hybridized carbons (Fsp3) is 0.308. The summed E-state index contributed by atoms with van der Waals surface area (Å²) in [6.07, 6.45) is -4.98. The van der Waals surface area contributed by atoms with Crippen LogP contribution in [0.15, 0.2) is 18.2 Å². The SMILES string of the molecule is O=C(O)N1CCc2c([nH]c3ccc(C(F)(F)F)cc23)C1. The lowest BCUT2D eigenvalue weighted by molar-refractivity contribution is -0.137. The summed E-state index contributed by atoms with van der Waals surface area (Å²) in [6, 6.07) is 3.54. The summed E-state index contributed by atoms with van der Waals surface area (Å²) in [4.78, 5) is 15.2. The molecule has 0 atom stereocenters. The molecule has 0 spiro atoms. The van der Waals surface area contributed by atoms with Gasteiger partial charge in [-0.15, -0.1) is 0 Å². The van der Waals surface area contributed by atoms with Gasteiger partial charge in [-0.1, -0.05) is 0 Å². The maximum absolute atomic E-state index is 12.7. The van der Waals surface area contributed by atoms with Crippen molar-refractivity contribution in [2.75, 3.05) is 6.54 Å². The number of alkyl halides is 3. The molecular formula is C13H11F3N2O2. The zero-order valence-electron chi connectivity index (χ0n) is 10.3. The van der Waals surface area contributed by atoms with E-state index < -0.39 is 17.8 Å². The van der Waals surface area contributed by atoms with Crippen molar-refractivity contribution in [3.63, 3.8) is 0 Å². The second-order valence-electron chi connectivity index (χ2n) is 4.79. The molecule has 2 N–H and O–H groups in total. The van der Waals surface area contributed by atoms with Crippen molar-refractivity contribution in [2.24, 2.45) is 0 Å². The van der Waals surface area contributed by atoms with Crippen LogP contribution < -0.4 is 0 Å². The standard InChI is InChI=1S/C13H11F3N2O2/c14-13(15,16)7-1-2-10-9(5-7)8-3-4-18(12(19)20)6-11(8)17-10/h1-2,5,17H,3-4,6H2,(H,19,20). The smallest absolute Gasteiger partial charge is 0.416 e. The van der Waals surface area contributed by atoms with Crippen LogP contribution in [0.3, 0.4) is 0 Å². The van der Waals surface area contributed by atoms with Gasteiger partial charge in [0.2, 0.25) is 0 Å². The molecule has 3 rings (SSSR count). The van der Waals surface area contributed by atoms with E-state index in [2.05, 4.69) is 4.98 Å². The van der Waals surface area contributed by atoms with Crippen LogP contribution >= 0.6 is 0 Å². The molecule has 0 fully saturated rings. The van der Waals surface area contributed by atoms with Gasteiger partial charge < -0.3 is 15.0 Å². The van der Waals surface area contributed by atoms with Gasteiger partial charge in [-0.05, 0) is 30.2 Å². The molecule has 0 bridgehead atoms. The molecule has 106 valence electrons. The molecule has 0 saturated carbocycles. The first-order valence-electron chi connectivity index (χ1n) is 6.05. The summed E-state index contributed by atoms with van der Waals surface area (Å²) in [6.45, 7) is 0.478. The third-order valence-electron chi connectivity index (χ3n) is 3.57. The number of benzene rings is 1. The highest BCUT2D eigenvalue weighted by molar-refractivity contribution is 5.86. The molecule has 0 unspecified atom stereocenters. The Kier molecular flexibility index (Phi) is 2.67. The first-order chi connectivity index (χ1) is 9.36. The highest BCUT2D eigenvalue weighted by atomic mass is 19.4. The van der Waals surface area contributed by atoms with Crippen molar-refractivity contribution >= 4 is 17.0 Å². The number of carbonyl (C=O) groups is 1. The largest absolute Gasteiger partial charge is 0.465 e. The van der Waals surface area contributed by atoms with Crippen molar-refractivity contribution in [3.05, 3.63) is 35.0 Å². The second kappa shape index (κ2) is 4.16. The number of carboxylic acid groups (broad SMARTS) is 1. The molecule has 1 aromatic carbocycles. The highest BCUT2D eigenvalue weighted by Gasteiger charge is 2.31. The van der Waals surface area contributed by atoms with Crippen LogP contribution in [0.4, 0.5) is 18.0 Å². The zero-order chi connectivity index (χ0) is 14.5. The third-order valence-corrected chi connectivity index (χ3v) is 3.57. The number of amides is 1. The fourth-order valence-corrected chi connectivity index (χ4v) is 2.58. The second-order valence-corrected chi connectivity index (χ2v) is 4.79. The molecule has 0 saturated heterocycles. The molecule has 0 aliphatic carbocycles. The van der Waals surface area contributed by atoms with E-state index >= 15 is 0 Å². The molecule has 1 aliphatic rings. The predicted molar refractivity (Wildman–Crippen MR) is 65.4 cm³/mol. The Labute approximate surface area is 111 Å². The van der Waals surface area contributed by atoms with Crippen molar-refractivity contribution < 1.29 is 23.1 Å². The molecule has 0 radical (unpaired) electrons. The van der Waals surface area contributed by atoms with E-state index in [0.717, 1.165) is 17.7 Å². The van der Waals surface area contributed by atoms with E-state index in [1.54, 1.807) is 0 Å². The Morgan fingerprint density at radius 3 is 2.75 bits per heavy atom. The summed E-state index contributed by atoms with van der Waals surface area (Å²) in [7, 11) is 0. The molecular weight excluding hydrogens is 273 g/mol. The van der Waals surface area contributed by atoms with Gasteiger partial charge in [-0.3, -0.25) is 0 Å². The maximum Gasteiger partial charge on any atom is 0.416 e. The molecule has 2 aromatic rings. The van der Waals surface area contributed by atoms with E-state index in [-0.39, 0.29) is 6.54 Å². The lowest BCUT2D eigenvalue weighted by Gasteiger charge is -2.24. The number of fused-ring (bicyclic) bond motifs is 3. The minimum atomic E-state index is -4.37. The number of aromatic amines is 1. The van der Waals surface area contributed by atoms with E-state index in [9.17, 15) is 18.0 Å². The molecule has 1 aromatic heterocycles. The minimum absolute atomic E-state index is 0.181. The Hall–Kier alpha value is -2.18. The third kappa shape index (κ3) is 1.99. The van der Waals surface area contributed by atoms with Crippen molar-refractivity contribution in [3.8, 4) is 0 Å². The van der Waals surface area contributed by atoms with Crippen LogP contribution in [0, 0.1) is 0 Å².